The third-order valence-corrected chi connectivity index (χ3v) is 4.03. The molecule has 0 unspecified atom stereocenters. The summed E-state index contributed by atoms with van der Waals surface area (Å²) in [7, 11) is 0. The van der Waals surface area contributed by atoms with Crippen LogP contribution in [0, 0.1) is 17.0 Å². The second-order valence-electron chi connectivity index (χ2n) is 4.18. The number of aryl methyl sites for hydroxylation is 1. The number of carbonyl (C=O) groups is 1. The molecule has 1 N–H and O–H groups in total. The number of non-ortho nitro benzene ring substituents is 1. The molecule has 5 nitrogen and oxygen atoms in total. The van der Waals surface area contributed by atoms with Crippen molar-refractivity contribution in [2.75, 3.05) is 0 Å². The normalized spacial score (nSPS) is 10.3. The Bertz CT molecular complexity index is 669. The second-order valence-corrected chi connectivity index (χ2v) is 5.33. The van der Waals surface area contributed by atoms with E-state index in [-0.39, 0.29) is 22.2 Å². The number of halogens is 1. The molecule has 20 heavy (non-hydrogen) atoms. The standard InChI is InChI=1S/C13H11ClN2O3S/c1-8-6-20-7-9(8)5-15-13(17)11-3-2-10(16(18)19)4-12(11)14/h2-4,6-7H,5H2,1H3,(H,15,17). The highest BCUT2D eigenvalue weighted by molar-refractivity contribution is 7.08. The van der Waals surface area contributed by atoms with Gasteiger partial charge < -0.3 is 5.32 Å². The minimum atomic E-state index is -0.553. The lowest BCUT2D eigenvalue weighted by Gasteiger charge is -2.06. The van der Waals surface area contributed by atoms with E-state index in [4.69, 9.17) is 11.6 Å². The molecule has 0 aliphatic rings. The molecule has 1 amide bonds. The third-order valence-electron chi connectivity index (χ3n) is 2.81. The number of benzene rings is 1. The fourth-order valence-corrected chi connectivity index (χ4v) is 2.76. The van der Waals surface area contributed by atoms with Crippen LogP contribution in [-0.4, -0.2) is 10.8 Å². The summed E-state index contributed by atoms with van der Waals surface area (Å²) in [6, 6.07) is 3.79. The van der Waals surface area contributed by atoms with Crippen LogP contribution in [0.4, 0.5) is 5.69 Å². The lowest BCUT2D eigenvalue weighted by Crippen LogP contribution is -2.23. The molecular formula is C13H11ClN2O3S. The Morgan fingerprint density at radius 2 is 2.20 bits per heavy atom. The number of amides is 1. The molecule has 0 aliphatic carbocycles. The maximum atomic E-state index is 12.0. The van der Waals surface area contributed by atoms with Crippen molar-refractivity contribution < 1.29 is 9.72 Å². The van der Waals surface area contributed by atoms with E-state index in [9.17, 15) is 14.9 Å². The summed E-state index contributed by atoms with van der Waals surface area (Å²) in [5, 5.41) is 17.4. The van der Waals surface area contributed by atoms with Gasteiger partial charge in [-0.3, -0.25) is 14.9 Å². The Labute approximate surface area is 124 Å². The highest BCUT2D eigenvalue weighted by Crippen LogP contribution is 2.22. The molecule has 104 valence electrons. The monoisotopic (exact) mass is 310 g/mol. The number of hydrogen-bond donors (Lipinski definition) is 1. The van der Waals surface area contributed by atoms with Crippen molar-refractivity contribution in [2.24, 2.45) is 0 Å². The maximum Gasteiger partial charge on any atom is 0.270 e. The number of thiophene rings is 1. The Kier molecular flexibility index (Phi) is 4.36. The molecule has 2 aromatic rings. The first-order valence-electron chi connectivity index (χ1n) is 5.73. The molecule has 0 radical (unpaired) electrons. The number of nitro groups is 1. The summed E-state index contributed by atoms with van der Waals surface area (Å²) in [6.45, 7) is 2.37. The average molecular weight is 311 g/mol. The van der Waals surface area contributed by atoms with Crippen LogP contribution in [0.2, 0.25) is 5.02 Å². The molecule has 0 atom stereocenters. The topological polar surface area (TPSA) is 72.2 Å². The first-order chi connectivity index (χ1) is 9.49. The van der Waals surface area contributed by atoms with E-state index < -0.39 is 4.92 Å². The van der Waals surface area contributed by atoms with Gasteiger partial charge in [0.25, 0.3) is 11.6 Å². The highest BCUT2D eigenvalue weighted by Gasteiger charge is 2.14. The van der Waals surface area contributed by atoms with E-state index >= 15 is 0 Å². The Hall–Kier alpha value is -1.92. The van der Waals surface area contributed by atoms with Gasteiger partial charge in [0.15, 0.2) is 0 Å². The van der Waals surface area contributed by atoms with E-state index in [1.165, 1.54) is 18.2 Å². The van der Waals surface area contributed by atoms with Gasteiger partial charge >= 0.3 is 0 Å². The smallest absolute Gasteiger partial charge is 0.270 e. The van der Waals surface area contributed by atoms with Crippen LogP contribution < -0.4 is 5.32 Å². The zero-order valence-electron chi connectivity index (χ0n) is 10.6. The van der Waals surface area contributed by atoms with E-state index in [0.717, 1.165) is 11.1 Å². The van der Waals surface area contributed by atoms with Gasteiger partial charge in [-0.15, -0.1) is 0 Å². The predicted molar refractivity (Wildman–Crippen MR) is 78.3 cm³/mol. The molecule has 0 aliphatic heterocycles. The summed E-state index contributed by atoms with van der Waals surface area (Å²) in [6.07, 6.45) is 0. The number of nitro benzene ring substituents is 1. The van der Waals surface area contributed by atoms with Crippen molar-refractivity contribution >= 4 is 34.5 Å². The third kappa shape index (κ3) is 3.15. The second kappa shape index (κ2) is 6.02. The van der Waals surface area contributed by atoms with E-state index in [2.05, 4.69) is 5.32 Å². The van der Waals surface area contributed by atoms with Gasteiger partial charge in [-0.05, 0) is 34.9 Å². The van der Waals surface area contributed by atoms with Crippen molar-refractivity contribution in [1.29, 1.82) is 0 Å². The van der Waals surface area contributed by atoms with Gasteiger partial charge in [-0.25, -0.2) is 0 Å². The number of nitrogens with one attached hydrogen (secondary N) is 1. The zero-order valence-corrected chi connectivity index (χ0v) is 12.1. The summed E-state index contributed by atoms with van der Waals surface area (Å²) in [4.78, 5) is 22.0. The summed E-state index contributed by atoms with van der Waals surface area (Å²) in [5.74, 6) is -0.351. The lowest BCUT2D eigenvalue weighted by atomic mass is 10.1. The molecule has 0 bridgehead atoms. The van der Waals surface area contributed by atoms with Crippen LogP contribution >= 0.6 is 22.9 Å². The molecular weight excluding hydrogens is 300 g/mol. The van der Waals surface area contributed by atoms with Crippen LogP contribution in [0.5, 0.6) is 0 Å². The number of hydrogen-bond acceptors (Lipinski definition) is 4. The van der Waals surface area contributed by atoms with Gasteiger partial charge in [0.1, 0.15) is 0 Å². The summed E-state index contributed by atoms with van der Waals surface area (Å²) < 4.78 is 0. The van der Waals surface area contributed by atoms with Crippen LogP contribution in [0.25, 0.3) is 0 Å². The SMILES string of the molecule is Cc1cscc1CNC(=O)c1ccc([N+](=O)[O-])cc1Cl. The van der Waals surface area contributed by atoms with Gasteiger partial charge in [0.05, 0.1) is 15.5 Å². The van der Waals surface area contributed by atoms with Crippen molar-refractivity contribution in [1.82, 2.24) is 5.32 Å². The van der Waals surface area contributed by atoms with Crippen molar-refractivity contribution in [3.05, 3.63) is 60.8 Å². The molecule has 0 saturated heterocycles. The molecule has 1 aromatic carbocycles. The molecule has 0 saturated carbocycles. The van der Waals surface area contributed by atoms with Crippen molar-refractivity contribution in [3.8, 4) is 0 Å². The zero-order chi connectivity index (χ0) is 14.7. The Morgan fingerprint density at radius 3 is 2.75 bits per heavy atom. The summed E-state index contributed by atoms with van der Waals surface area (Å²) >= 11 is 7.47. The van der Waals surface area contributed by atoms with Crippen LogP contribution in [0.3, 0.4) is 0 Å². The highest BCUT2D eigenvalue weighted by atomic mass is 35.5. The largest absolute Gasteiger partial charge is 0.348 e. The van der Waals surface area contributed by atoms with Crippen molar-refractivity contribution in [3.63, 3.8) is 0 Å². The number of nitrogens with zero attached hydrogens (tertiary/aromatic N) is 1. The van der Waals surface area contributed by atoms with Gasteiger partial charge in [-0.2, -0.15) is 11.3 Å². The molecule has 2 rings (SSSR count). The number of rotatable bonds is 4. The fourth-order valence-electron chi connectivity index (χ4n) is 1.64. The van der Waals surface area contributed by atoms with E-state index in [0.29, 0.717) is 6.54 Å². The van der Waals surface area contributed by atoms with Crippen molar-refractivity contribution in [2.45, 2.75) is 13.5 Å². The van der Waals surface area contributed by atoms with Gasteiger partial charge in [0.2, 0.25) is 0 Å². The molecule has 0 fully saturated rings. The quantitative estimate of drug-likeness (QED) is 0.693. The van der Waals surface area contributed by atoms with Crippen LogP contribution in [-0.2, 0) is 6.54 Å². The molecule has 0 spiro atoms. The van der Waals surface area contributed by atoms with Gasteiger partial charge in [0, 0.05) is 18.7 Å². The summed E-state index contributed by atoms with van der Waals surface area (Å²) in [5.41, 5.74) is 2.25. The molecule has 1 aromatic heterocycles. The first kappa shape index (κ1) is 14.5. The van der Waals surface area contributed by atoms with Crippen LogP contribution in [0.15, 0.2) is 29.0 Å². The molecule has 7 heteroatoms. The minimum absolute atomic E-state index is 0.0683. The van der Waals surface area contributed by atoms with Crippen LogP contribution in [0.1, 0.15) is 21.5 Å². The Balaban J connectivity index is 2.10. The minimum Gasteiger partial charge on any atom is -0.348 e. The van der Waals surface area contributed by atoms with Gasteiger partial charge in [-0.1, -0.05) is 11.6 Å². The number of carbonyl (C=O) groups excluding carboxylic acids is 1. The van der Waals surface area contributed by atoms with E-state index in [1.54, 1.807) is 11.3 Å². The lowest BCUT2D eigenvalue weighted by molar-refractivity contribution is -0.384. The fraction of sp³-hybridized carbons (Fsp3) is 0.154. The first-order valence-corrected chi connectivity index (χ1v) is 7.05. The average Bonchev–Trinajstić information content (AvgIpc) is 2.81. The maximum absolute atomic E-state index is 12.0. The predicted octanol–water partition coefficient (Wildman–Crippen LogP) is 3.55. The Morgan fingerprint density at radius 1 is 1.45 bits per heavy atom. The van der Waals surface area contributed by atoms with E-state index in [1.807, 2.05) is 17.7 Å². The molecule has 1 heterocycles.